The fourth-order valence-electron chi connectivity index (χ4n) is 5.57. The SMILES string of the molecule is O=C(Nc1cc(F)c(F)c(F)c1)c1ccc(Cl)c(S(=O)(=O)C2CC3CC[C@@H](C2)C3C(O)C(O)CO)c1. The summed E-state index contributed by atoms with van der Waals surface area (Å²) < 4.78 is 67.2. The van der Waals surface area contributed by atoms with E-state index in [9.17, 15) is 41.7 Å². The molecule has 2 saturated carbocycles. The van der Waals surface area contributed by atoms with Crippen molar-refractivity contribution in [1.82, 2.24) is 0 Å². The first-order valence-electron chi connectivity index (χ1n) is 11.4. The molecule has 7 nitrogen and oxygen atoms in total. The van der Waals surface area contributed by atoms with E-state index in [1.807, 2.05) is 0 Å². The van der Waals surface area contributed by atoms with Crippen LogP contribution in [0.4, 0.5) is 18.9 Å². The lowest BCUT2D eigenvalue weighted by molar-refractivity contribution is -0.0684. The van der Waals surface area contributed by atoms with Crippen LogP contribution < -0.4 is 5.32 Å². The number of aliphatic hydroxyl groups excluding tert-OH is 3. The van der Waals surface area contributed by atoms with Gasteiger partial charge in [0.15, 0.2) is 27.3 Å². The summed E-state index contributed by atoms with van der Waals surface area (Å²) in [4.78, 5) is 12.4. The largest absolute Gasteiger partial charge is 0.394 e. The minimum absolute atomic E-state index is 0.101. The van der Waals surface area contributed by atoms with Crippen molar-refractivity contribution in [3.63, 3.8) is 0 Å². The third-order valence-corrected chi connectivity index (χ3v) is 9.94. The number of benzene rings is 2. The number of carbonyl (C=O) groups excluding carboxylic acids is 1. The van der Waals surface area contributed by atoms with Gasteiger partial charge in [-0.15, -0.1) is 0 Å². The Balaban J connectivity index is 1.56. The monoisotopic (exact) mass is 547 g/mol. The van der Waals surface area contributed by atoms with Crippen LogP contribution in [0.25, 0.3) is 0 Å². The Morgan fingerprint density at radius 1 is 1.06 bits per heavy atom. The van der Waals surface area contributed by atoms with Gasteiger partial charge in [0.25, 0.3) is 5.91 Å². The van der Waals surface area contributed by atoms with Crippen LogP contribution in [0.15, 0.2) is 35.2 Å². The van der Waals surface area contributed by atoms with Crippen LogP contribution in [0.1, 0.15) is 36.0 Å². The van der Waals surface area contributed by atoms with Gasteiger partial charge < -0.3 is 20.6 Å². The topological polar surface area (TPSA) is 124 Å². The Hall–Kier alpha value is -2.18. The van der Waals surface area contributed by atoms with Gasteiger partial charge >= 0.3 is 0 Å². The molecule has 0 aromatic heterocycles. The minimum Gasteiger partial charge on any atom is -0.394 e. The molecule has 2 aliphatic rings. The van der Waals surface area contributed by atoms with Gasteiger partial charge in [-0.1, -0.05) is 11.6 Å². The first-order chi connectivity index (χ1) is 16.9. The molecule has 0 spiro atoms. The van der Waals surface area contributed by atoms with Gasteiger partial charge in [-0.05, 0) is 61.6 Å². The van der Waals surface area contributed by atoms with Crippen molar-refractivity contribution in [2.75, 3.05) is 11.9 Å². The second-order valence-corrected chi connectivity index (χ2v) is 12.0. The fraction of sp³-hybridized carbons (Fsp3) is 0.458. The Bertz CT molecular complexity index is 1240. The number of nitrogens with one attached hydrogen (secondary N) is 1. The highest BCUT2D eigenvalue weighted by Gasteiger charge is 2.50. The minimum atomic E-state index is -4.02. The number of hydrogen-bond acceptors (Lipinski definition) is 6. The number of rotatable bonds is 7. The predicted molar refractivity (Wildman–Crippen MR) is 125 cm³/mol. The Labute approximate surface area is 210 Å². The summed E-state index contributed by atoms with van der Waals surface area (Å²) in [5, 5.41) is 30.8. The van der Waals surface area contributed by atoms with Crippen molar-refractivity contribution in [3.05, 3.63) is 58.4 Å². The average Bonchev–Trinajstić information content (AvgIpc) is 3.09. The molecule has 2 bridgehead atoms. The van der Waals surface area contributed by atoms with E-state index in [0.29, 0.717) is 25.0 Å². The lowest BCUT2D eigenvalue weighted by atomic mass is 9.74. The maximum atomic E-state index is 13.5. The molecule has 5 unspecified atom stereocenters. The zero-order valence-electron chi connectivity index (χ0n) is 18.9. The molecule has 0 radical (unpaired) electrons. The van der Waals surface area contributed by atoms with Crippen LogP contribution in [0.5, 0.6) is 0 Å². The van der Waals surface area contributed by atoms with Crippen molar-refractivity contribution in [1.29, 1.82) is 0 Å². The number of fused-ring (bicyclic) bond motifs is 2. The molecule has 12 heteroatoms. The number of carbonyl (C=O) groups is 1. The third-order valence-electron chi connectivity index (χ3n) is 7.28. The maximum absolute atomic E-state index is 13.5. The molecular formula is C24H25ClF3NO6S. The van der Waals surface area contributed by atoms with Gasteiger partial charge in [-0.25, -0.2) is 21.6 Å². The molecule has 0 heterocycles. The zero-order chi connectivity index (χ0) is 26.4. The molecule has 2 aromatic rings. The van der Waals surface area contributed by atoms with E-state index < -0.39 is 57.3 Å². The summed E-state index contributed by atoms with van der Waals surface area (Å²) in [6, 6.07) is 4.76. The van der Waals surface area contributed by atoms with E-state index in [1.165, 1.54) is 12.1 Å². The lowest BCUT2D eigenvalue weighted by Gasteiger charge is -2.38. The van der Waals surface area contributed by atoms with Crippen molar-refractivity contribution in [3.8, 4) is 0 Å². The number of hydrogen-bond donors (Lipinski definition) is 4. The van der Waals surface area contributed by atoms with Gasteiger partial charge in [0.05, 0.1) is 27.9 Å². The molecule has 2 aliphatic carbocycles. The molecule has 36 heavy (non-hydrogen) atoms. The molecule has 4 N–H and O–H groups in total. The van der Waals surface area contributed by atoms with E-state index in [0.717, 1.165) is 6.07 Å². The molecule has 2 aromatic carbocycles. The molecule has 6 atom stereocenters. The van der Waals surface area contributed by atoms with E-state index in [-0.39, 0.29) is 51.8 Å². The zero-order valence-corrected chi connectivity index (χ0v) is 20.4. The first kappa shape index (κ1) is 26.9. The number of halogens is 4. The maximum Gasteiger partial charge on any atom is 0.255 e. The Morgan fingerprint density at radius 2 is 1.64 bits per heavy atom. The van der Waals surface area contributed by atoms with Crippen LogP contribution in [0, 0.1) is 35.2 Å². The summed E-state index contributed by atoms with van der Waals surface area (Å²) >= 11 is 6.20. The van der Waals surface area contributed by atoms with Crippen LogP contribution in [0.3, 0.4) is 0 Å². The second kappa shape index (κ2) is 10.3. The van der Waals surface area contributed by atoms with Gasteiger partial charge in [-0.2, -0.15) is 0 Å². The van der Waals surface area contributed by atoms with Crippen LogP contribution in [-0.4, -0.2) is 53.7 Å². The normalized spacial score (nSPS) is 25.4. The lowest BCUT2D eigenvalue weighted by Crippen LogP contribution is -2.45. The van der Waals surface area contributed by atoms with Crippen LogP contribution in [-0.2, 0) is 9.84 Å². The molecular weight excluding hydrogens is 523 g/mol. The number of aliphatic hydroxyl groups is 3. The van der Waals surface area contributed by atoms with E-state index in [4.69, 9.17) is 11.6 Å². The number of anilines is 1. The summed E-state index contributed by atoms with van der Waals surface area (Å²) in [7, 11) is -4.02. The van der Waals surface area contributed by atoms with Gasteiger partial charge in [-0.3, -0.25) is 4.79 Å². The van der Waals surface area contributed by atoms with Crippen molar-refractivity contribution in [2.24, 2.45) is 17.8 Å². The predicted octanol–water partition coefficient (Wildman–Crippen LogP) is 3.30. The van der Waals surface area contributed by atoms with Gasteiger partial charge in [0.1, 0.15) is 6.10 Å². The van der Waals surface area contributed by atoms with Crippen molar-refractivity contribution in [2.45, 2.75) is 48.0 Å². The second-order valence-electron chi connectivity index (χ2n) is 9.41. The van der Waals surface area contributed by atoms with Crippen molar-refractivity contribution < 1.29 is 41.7 Å². The highest BCUT2D eigenvalue weighted by Crippen LogP contribution is 2.51. The third kappa shape index (κ3) is 4.99. The van der Waals surface area contributed by atoms with Gasteiger partial charge in [0.2, 0.25) is 0 Å². The van der Waals surface area contributed by atoms with Crippen molar-refractivity contribution >= 4 is 33.0 Å². The highest BCUT2D eigenvalue weighted by molar-refractivity contribution is 7.92. The quantitative estimate of drug-likeness (QED) is 0.394. The highest BCUT2D eigenvalue weighted by atomic mass is 35.5. The average molecular weight is 548 g/mol. The fourth-order valence-corrected chi connectivity index (χ4v) is 8.00. The molecule has 196 valence electrons. The van der Waals surface area contributed by atoms with E-state index in [2.05, 4.69) is 5.32 Å². The number of amides is 1. The van der Waals surface area contributed by atoms with Crippen LogP contribution >= 0.6 is 11.6 Å². The summed E-state index contributed by atoms with van der Waals surface area (Å²) in [5.41, 5.74) is -0.490. The van der Waals surface area contributed by atoms with Gasteiger partial charge in [0, 0.05) is 23.4 Å². The molecule has 0 saturated heterocycles. The van der Waals surface area contributed by atoms with E-state index >= 15 is 0 Å². The smallest absolute Gasteiger partial charge is 0.255 e. The molecule has 0 aliphatic heterocycles. The first-order valence-corrected chi connectivity index (χ1v) is 13.3. The molecule has 4 rings (SSSR count). The Kier molecular flexibility index (Phi) is 7.68. The standard InChI is InChI=1S/C24H25ClF3NO6S/c25-16-4-3-13(24(33)29-14-8-17(26)22(28)18(27)9-14)7-20(16)36(34,35)15-5-11-1-2-12(6-15)21(11)23(32)19(31)10-30/h3-4,7-9,11-12,15,19,21,23,30-32H,1-2,5-6,10H2,(H,29,33)/t11-,12?,15?,19?,21?,23?/m0/s1. The molecule has 1 amide bonds. The summed E-state index contributed by atoms with van der Waals surface area (Å²) in [5.74, 6) is -6.23. The number of sulfone groups is 1. The molecule has 2 fully saturated rings. The Morgan fingerprint density at radius 3 is 2.19 bits per heavy atom. The van der Waals surface area contributed by atoms with Crippen LogP contribution in [0.2, 0.25) is 5.02 Å². The van der Waals surface area contributed by atoms with E-state index in [1.54, 1.807) is 0 Å². The summed E-state index contributed by atoms with van der Waals surface area (Å²) in [6.07, 6.45) is -0.666. The summed E-state index contributed by atoms with van der Waals surface area (Å²) in [6.45, 7) is -0.597.